The number of hydrogen-bond acceptors (Lipinski definition) is 6. The molecule has 1 aromatic heterocycles. The third-order valence-corrected chi connectivity index (χ3v) is 8.78. The molecule has 0 bridgehead atoms. The number of esters is 2. The Labute approximate surface area is 262 Å². The van der Waals surface area contributed by atoms with Gasteiger partial charge >= 0.3 is 11.9 Å². The minimum atomic E-state index is -1.91. The van der Waals surface area contributed by atoms with Crippen LogP contribution in [0.3, 0.4) is 0 Å². The summed E-state index contributed by atoms with van der Waals surface area (Å²) in [5, 5.41) is 1.41. The summed E-state index contributed by atoms with van der Waals surface area (Å²) in [4.78, 5) is 44.4. The highest BCUT2D eigenvalue weighted by Gasteiger charge is 2.44. The number of benzene rings is 3. The standard InChI is InChI=1S/C34H33ClN2O6Si/c1-41-29-14-12-23(18-26(29)35)22-11-13-27-24(17-22)25-19-28(34(40)43-3)37(30(38)15-16-44(4,5)6)32(31(25)36-27)20-7-9-21(10-8-20)33(39)42-2/h7-14,17-18,28,32,36H,19H2,1-6H3. The fourth-order valence-corrected chi connectivity index (χ4v) is 6.24. The van der Waals surface area contributed by atoms with Crippen molar-refractivity contribution in [2.75, 3.05) is 21.3 Å². The van der Waals surface area contributed by atoms with Gasteiger partial charge in [-0.3, -0.25) is 4.79 Å². The smallest absolute Gasteiger partial charge is 0.337 e. The van der Waals surface area contributed by atoms with Crippen LogP contribution in [-0.4, -0.2) is 63.2 Å². The molecule has 1 amide bonds. The number of ether oxygens (including phenoxy) is 3. The summed E-state index contributed by atoms with van der Waals surface area (Å²) in [7, 11) is 2.29. The molecule has 2 heterocycles. The van der Waals surface area contributed by atoms with Gasteiger partial charge < -0.3 is 24.1 Å². The van der Waals surface area contributed by atoms with E-state index in [-0.39, 0.29) is 6.42 Å². The van der Waals surface area contributed by atoms with Gasteiger partial charge in [0.15, 0.2) is 0 Å². The van der Waals surface area contributed by atoms with Gasteiger partial charge in [0.1, 0.15) is 19.9 Å². The summed E-state index contributed by atoms with van der Waals surface area (Å²) in [5.74, 6) is 1.93. The molecule has 3 aromatic carbocycles. The van der Waals surface area contributed by atoms with Gasteiger partial charge in [-0.2, -0.15) is 0 Å². The van der Waals surface area contributed by atoms with E-state index in [9.17, 15) is 14.4 Å². The van der Waals surface area contributed by atoms with Crippen molar-refractivity contribution >= 4 is 48.4 Å². The Bertz CT molecular complexity index is 1830. The summed E-state index contributed by atoms with van der Waals surface area (Å²) in [5.41, 5.74) is 8.54. The highest BCUT2D eigenvalue weighted by atomic mass is 35.5. The van der Waals surface area contributed by atoms with Crippen molar-refractivity contribution in [3.05, 3.63) is 88.1 Å². The van der Waals surface area contributed by atoms with Gasteiger partial charge in [-0.15, -0.1) is 5.54 Å². The lowest BCUT2D eigenvalue weighted by Crippen LogP contribution is -2.51. The first-order valence-electron chi connectivity index (χ1n) is 14.1. The molecule has 8 nitrogen and oxygen atoms in total. The molecule has 0 saturated heterocycles. The second-order valence-corrected chi connectivity index (χ2v) is 16.8. The number of fused-ring (bicyclic) bond motifs is 3. The van der Waals surface area contributed by atoms with Gasteiger partial charge in [0.05, 0.1) is 38.0 Å². The number of nitrogens with one attached hydrogen (secondary N) is 1. The number of halogens is 1. The van der Waals surface area contributed by atoms with Crippen molar-refractivity contribution in [3.8, 4) is 28.3 Å². The lowest BCUT2D eigenvalue weighted by Gasteiger charge is -2.40. The van der Waals surface area contributed by atoms with Crippen molar-refractivity contribution in [1.29, 1.82) is 0 Å². The van der Waals surface area contributed by atoms with Crippen LogP contribution < -0.4 is 4.74 Å². The van der Waals surface area contributed by atoms with Crippen molar-refractivity contribution < 1.29 is 28.6 Å². The van der Waals surface area contributed by atoms with E-state index < -0.39 is 38.0 Å². The quantitative estimate of drug-likeness (QED) is 0.161. The molecule has 0 saturated carbocycles. The molecule has 10 heteroatoms. The number of methoxy groups -OCH3 is 3. The molecule has 2 atom stereocenters. The molecule has 1 aliphatic heterocycles. The van der Waals surface area contributed by atoms with E-state index >= 15 is 0 Å². The maximum atomic E-state index is 13.9. The number of rotatable bonds is 5. The first-order valence-corrected chi connectivity index (χ1v) is 17.9. The van der Waals surface area contributed by atoms with Gasteiger partial charge in [-0.05, 0) is 64.6 Å². The molecular formula is C34H33ClN2O6Si. The average molecular weight is 629 g/mol. The summed E-state index contributed by atoms with van der Waals surface area (Å²) in [6, 6.07) is 16.8. The maximum Gasteiger partial charge on any atom is 0.337 e. The maximum absolute atomic E-state index is 13.9. The molecule has 226 valence electrons. The van der Waals surface area contributed by atoms with Crippen LogP contribution in [0.25, 0.3) is 22.0 Å². The molecule has 0 fully saturated rings. The predicted octanol–water partition coefficient (Wildman–Crippen LogP) is 6.18. The van der Waals surface area contributed by atoms with Gasteiger partial charge in [-0.25, -0.2) is 9.59 Å². The molecule has 1 N–H and O–H groups in total. The third kappa shape index (κ3) is 5.96. The lowest BCUT2D eigenvalue weighted by atomic mass is 9.87. The molecule has 0 radical (unpaired) electrons. The minimum absolute atomic E-state index is 0.228. The molecule has 2 unspecified atom stereocenters. The Morgan fingerprint density at radius 1 is 0.932 bits per heavy atom. The molecular weight excluding hydrogens is 596 g/mol. The minimum Gasteiger partial charge on any atom is -0.495 e. The van der Waals surface area contributed by atoms with E-state index in [2.05, 4.69) is 22.5 Å². The summed E-state index contributed by atoms with van der Waals surface area (Å²) in [6.07, 6.45) is 0.228. The van der Waals surface area contributed by atoms with E-state index in [1.807, 2.05) is 50.0 Å². The van der Waals surface area contributed by atoms with Gasteiger partial charge in [0.25, 0.3) is 5.91 Å². The number of H-pyrrole nitrogens is 1. The summed E-state index contributed by atoms with van der Waals surface area (Å²) >= 11 is 6.43. The van der Waals surface area contributed by atoms with E-state index in [0.717, 1.165) is 33.3 Å². The predicted molar refractivity (Wildman–Crippen MR) is 172 cm³/mol. The topological polar surface area (TPSA) is 97.9 Å². The van der Waals surface area contributed by atoms with Gasteiger partial charge in [-0.1, -0.05) is 55.5 Å². The molecule has 0 spiro atoms. The zero-order valence-corrected chi connectivity index (χ0v) is 27.2. The van der Waals surface area contributed by atoms with Crippen LogP contribution in [0.5, 0.6) is 5.75 Å². The SMILES string of the molecule is COC(=O)c1ccc(C2c3[nH]c4ccc(-c5ccc(OC)c(Cl)c5)cc4c3CC(C(=O)OC)N2C(=O)C#C[Si](C)(C)C)cc1. The molecule has 0 aliphatic carbocycles. The summed E-state index contributed by atoms with van der Waals surface area (Å²) < 4.78 is 15.4. The van der Waals surface area contributed by atoms with Crippen LogP contribution in [0.1, 0.15) is 33.2 Å². The second kappa shape index (κ2) is 12.2. The Morgan fingerprint density at radius 2 is 1.61 bits per heavy atom. The summed E-state index contributed by atoms with van der Waals surface area (Å²) in [6.45, 7) is 6.15. The number of amides is 1. The van der Waals surface area contributed by atoms with Crippen LogP contribution >= 0.6 is 11.6 Å². The Kier molecular flexibility index (Phi) is 8.59. The zero-order chi connectivity index (χ0) is 31.8. The lowest BCUT2D eigenvalue weighted by molar-refractivity contribution is -0.153. The van der Waals surface area contributed by atoms with E-state index in [1.165, 1.54) is 19.1 Å². The fraction of sp³-hybridized carbons (Fsp3) is 0.265. The molecule has 44 heavy (non-hydrogen) atoms. The van der Waals surface area contributed by atoms with Crippen LogP contribution in [0.2, 0.25) is 24.7 Å². The highest BCUT2D eigenvalue weighted by Crippen LogP contribution is 2.42. The Balaban J connectivity index is 1.72. The Morgan fingerprint density at radius 3 is 2.23 bits per heavy atom. The van der Waals surface area contributed by atoms with Crippen LogP contribution in [0, 0.1) is 11.5 Å². The number of nitrogens with zero attached hydrogens (tertiary/aromatic N) is 1. The normalized spacial score (nSPS) is 16.0. The zero-order valence-electron chi connectivity index (χ0n) is 25.4. The van der Waals surface area contributed by atoms with Crippen molar-refractivity contribution in [2.24, 2.45) is 0 Å². The third-order valence-electron chi connectivity index (χ3n) is 7.61. The van der Waals surface area contributed by atoms with Crippen molar-refractivity contribution in [3.63, 3.8) is 0 Å². The first-order chi connectivity index (χ1) is 20.9. The number of aromatic nitrogens is 1. The van der Waals surface area contributed by atoms with E-state index in [0.29, 0.717) is 21.9 Å². The van der Waals surface area contributed by atoms with E-state index in [1.54, 1.807) is 31.4 Å². The van der Waals surface area contributed by atoms with E-state index in [4.69, 9.17) is 25.8 Å². The monoisotopic (exact) mass is 628 g/mol. The molecule has 5 rings (SSSR count). The fourth-order valence-electron chi connectivity index (χ4n) is 5.50. The van der Waals surface area contributed by atoms with Crippen LogP contribution in [0.4, 0.5) is 0 Å². The van der Waals surface area contributed by atoms with Crippen molar-refractivity contribution in [2.45, 2.75) is 38.1 Å². The van der Waals surface area contributed by atoms with Gasteiger partial charge in [0.2, 0.25) is 0 Å². The second-order valence-electron chi connectivity index (χ2n) is 11.6. The van der Waals surface area contributed by atoms with Crippen molar-refractivity contribution in [1.82, 2.24) is 9.88 Å². The van der Waals surface area contributed by atoms with Crippen LogP contribution in [-0.2, 0) is 25.5 Å². The van der Waals surface area contributed by atoms with Gasteiger partial charge in [0, 0.05) is 23.0 Å². The highest BCUT2D eigenvalue weighted by molar-refractivity contribution is 6.84. The number of carbonyl (C=O) groups excluding carboxylic acids is 3. The van der Waals surface area contributed by atoms with Crippen LogP contribution in [0.15, 0.2) is 60.7 Å². The largest absolute Gasteiger partial charge is 0.495 e. The number of carbonyl (C=O) groups is 3. The first kappa shape index (κ1) is 30.9. The average Bonchev–Trinajstić information content (AvgIpc) is 3.39. The molecule has 4 aromatic rings. The number of aromatic amines is 1. The number of hydrogen-bond donors (Lipinski definition) is 1. The molecule has 1 aliphatic rings. The Hall–Kier alpha value is -4.52.